The largest absolute Gasteiger partial charge is 0.480 e. The predicted octanol–water partition coefficient (Wildman–Crippen LogP) is 4.70. The number of ether oxygens (including phenoxy) is 1. The van der Waals surface area contributed by atoms with E-state index < -0.39 is 23.5 Å². The highest BCUT2D eigenvalue weighted by Gasteiger charge is 2.35. The lowest BCUT2D eigenvalue weighted by molar-refractivity contribution is -0.145. The maximum Gasteiger partial charge on any atom is 0.407 e. The van der Waals surface area contributed by atoms with Crippen LogP contribution in [0.3, 0.4) is 0 Å². The predicted molar refractivity (Wildman–Crippen MR) is 133 cm³/mol. The van der Waals surface area contributed by atoms with Crippen LogP contribution >= 0.6 is 0 Å². The number of hydrogen-bond donors (Lipinski definition) is 3. The molecule has 2 aromatic rings. The van der Waals surface area contributed by atoms with Crippen molar-refractivity contribution in [3.63, 3.8) is 0 Å². The lowest BCUT2D eigenvalue weighted by Crippen LogP contribution is -2.49. The standard InChI is InChI=1S/C28H34N2O5/c1-28(2,3)25(26(32)33)30-24(31)15-17-12-13-18(14-17)29-27(34)35-16-23-21-10-6-4-8-19(21)20-9-5-7-11-22(20)23/h4-11,17-18,23,25H,12-16H2,1-3H3,(H,29,34)(H,30,31)(H,32,33)/t17-,18+,25-/m1/s1. The molecule has 0 bridgehead atoms. The van der Waals surface area contributed by atoms with Gasteiger partial charge in [-0.1, -0.05) is 69.3 Å². The maximum absolute atomic E-state index is 12.6. The number of nitrogens with one attached hydrogen (secondary N) is 2. The van der Waals surface area contributed by atoms with E-state index in [1.54, 1.807) is 20.8 Å². The summed E-state index contributed by atoms with van der Waals surface area (Å²) in [7, 11) is 0. The minimum absolute atomic E-state index is 0.0122. The van der Waals surface area contributed by atoms with Crippen LogP contribution in [0.15, 0.2) is 48.5 Å². The number of carbonyl (C=O) groups excluding carboxylic acids is 2. The van der Waals surface area contributed by atoms with Gasteiger partial charge < -0.3 is 20.5 Å². The van der Waals surface area contributed by atoms with Crippen molar-refractivity contribution in [1.29, 1.82) is 0 Å². The third-order valence-corrected chi connectivity index (χ3v) is 7.10. The summed E-state index contributed by atoms with van der Waals surface area (Å²) in [5.74, 6) is -1.19. The van der Waals surface area contributed by atoms with Gasteiger partial charge in [0.2, 0.25) is 5.91 Å². The molecular formula is C28H34N2O5. The molecule has 0 radical (unpaired) electrons. The fraction of sp³-hybridized carbons (Fsp3) is 0.464. The number of hydrogen-bond acceptors (Lipinski definition) is 4. The first-order valence-corrected chi connectivity index (χ1v) is 12.3. The molecule has 0 aromatic heterocycles. The summed E-state index contributed by atoms with van der Waals surface area (Å²) >= 11 is 0. The Labute approximate surface area is 206 Å². The first-order valence-electron chi connectivity index (χ1n) is 12.3. The molecule has 1 saturated carbocycles. The van der Waals surface area contributed by atoms with Crippen molar-refractivity contribution >= 4 is 18.0 Å². The van der Waals surface area contributed by atoms with Crippen LogP contribution in [0.2, 0.25) is 0 Å². The number of fused-ring (bicyclic) bond motifs is 3. The molecule has 1 fully saturated rings. The lowest BCUT2D eigenvalue weighted by atomic mass is 9.86. The van der Waals surface area contributed by atoms with Gasteiger partial charge in [-0.05, 0) is 52.8 Å². The Kier molecular flexibility index (Phi) is 7.15. The first-order chi connectivity index (χ1) is 16.6. The van der Waals surface area contributed by atoms with E-state index >= 15 is 0 Å². The van der Waals surface area contributed by atoms with Crippen LogP contribution in [0, 0.1) is 11.3 Å². The van der Waals surface area contributed by atoms with E-state index in [0.717, 1.165) is 12.8 Å². The summed E-state index contributed by atoms with van der Waals surface area (Å²) < 4.78 is 5.64. The van der Waals surface area contributed by atoms with Gasteiger partial charge in [-0.3, -0.25) is 4.79 Å². The Morgan fingerprint density at radius 3 is 2.17 bits per heavy atom. The monoisotopic (exact) mass is 478 g/mol. The number of benzene rings is 2. The van der Waals surface area contributed by atoms with Crippen molar-refractivity contribution in [1.82, 2.24) is 10.6 Å². The fourth-order valence-electron chi connectivity index (χ4n) is 5.33. The topological polar surface area (TPSA) is 105 Å². The van der Waals surface area contributed by atoms with Gasteiger partial charge in [0.1, 0.15) is 12.6 Å². The molecule has 3 atom stereocenters. The second-order valence-electron chi connectivity index (χ2n) is 10.8. The number of alkyl carbamates (subject to hydrolysis) is 1. The first kappa shape index (κ1) is 24.8. The van der Waals surface area contributed by atoms with Gasteiger partial charge in [0.25, 0.3) is 0 Å². The van der Waals surface area contributed by atoms with Gasteiger partial charge >= 0.3 is 12.1 Å². The molecule has 3 N–H and O–H groups in total. The molecule has 2 aromatic carbocycles. The summed E-state index contributed by atoms with van der Waals surface area (Å²) in [5, 5.41) is 15.0. The Balaban J connectivity index is 1.26. The van der Waals surface area contributed by atoms with E-state index in [9.17, 15) is 19.5 Å². The Bertz CT molecular complexity index is 1060. The minimum atomic E-state index is -1.04. The summed E-state index contributed by atoms with van der Waals surface area (Å²) in [6, 6.07) is 15.4. The molecule has 2 aliphatic carbocycles. The van der Waals surface area contributed by atoms with Crippen LogP contribution in [0.25, 0.3) is 11.1 Å². The zero-order valence-corrected chi connectivity index (χ0v) is 20.5. The van der Waals surface area contributed by atoms with E-state index in [-0.39, 0.29) is 36.8 Å². The van der Waals surface area contributed by atoms with E-state index in [2.05, 4.69) is 34.9 Å². The molecular weight excluding hydrogens is 444 g/mol. The third-order valence-electron chi connectivity index (χ3n) is 7.10. The van der Waals surface area contributed by atoms with Gasteiger partial charge in [0.05, 0.1) is 0 Å². The molecule has 7 heteroatoms. The molecule has 0 spiro atoms. The van der Waals surface area contributed by atoms with Crippen molar-refractivity contribution in [2.75, 3.05) is 6.61 Å². The Morgan fingerprint density at radius 1 is 1.00 bits per heavy atom. The van der Waals surface area contributed by atoms with E-state index in [1.165, 1.54) is 22.3 Å². The second kappa shape index (κ2) is 10.1. The van der Waals surface area contributed by atoms with Gasteiger partial charge in [0, 0.05) is 18.4 Å². The zero-order chi connectivity index (χ0) is 25.2. The molecule has 0 saturated heterocycles. The highest BCUT2D eigenvalue weighted by molar-refractivity contribution is 5.84. The van der Waals surface area contributed by atoms with Crippen molar-refractivity contribution < 1.29 is 24.2 Å². The molecule has 0 aliphatic heterocycles. The molecule has 186 valence electrons. The van der Waals surface area contributed by atoms with Gasteiger partial charge in [-0.15, -0.1) is 0 Å². The van der Waals surface area contributed by atoms with Gasteiger partial charge in [0.15, 0.2) is 0 Å². The number of carbonyl (C=O) groups is 3. The summed E-state index contributed by atoms with van der Waals surface area (Å²) in [5.41, 5.74) is 4.13. The van der Waals surface area contributed by atoms with E-state index in [4.69, 9.17) is 4.74 Å². The van der Waals surface area contributed by atoms with E-state index in [0.29, 0.717) is 6.42 Å². The lowest BCUT2D eigenvalue weighted by Gasteiger charge is -2.28. The van der Waals surface area contributed by atoms with Crippen LogP contribution in [0.1, 0.15) is 63.5 Å². The van der Waals surface area contributed by atoms with Crippen molar-refractivity contribution in [3.05, 3.63) is 59.7 Å². The van der Waals surface area contributed by atoms with Crippen LogP contribution in [0.5, 0.6) is 0 Å². The molecule has 2 aliphatic rings. The second-order valence-corrected chi connectivity index (χ2v) is 10.8. The van der Waals surface area contributed by atoms with Crippen molar-refractivity contribution in [3.8, 4) is 11.1 Å². The normalized spacial score (nSPS) is 20.0. The molecule has 0 heterocycles. The Hall–Kier alpha value is -3.35. The van der Waals surface area contributed by atoms with Crippen LogP contribution in [0.4, 0.5) is 4.79 Å². The van der Waals surface area contributed by atoms with Crippen molar-refractivity contribution in [2.24, 2.45) is 11.3 Å². The van der Waals surface area contributed by atoms with Gasteiger partial charge in [-0.2, -0.15) is 0 Å². The molecule has 35 heavy (non-hydrogen) atoms. The average molecular weight is 479 g/mol. The fourth-order valence-corrected chi connectivity index (χ4v) is 5.33. The van der Waals surface area contributed by atoms with Gasteiger partial charge in [-0.25, -0.2) is 9.59 Å². The number of carboxylic acids is 1. The number of amides is 2. The number of aliphatic carboxylic acids is 1. The SMILES string of the molecule is CC(C)(C)[C@H](NC(=O)C[C@@H]1CC[C@H](NC(=O)OCC2c3ccccc3-c3ccccc32)C1)C(=O)O. The van der Waals surface area contributed by atoms with Crippen LogP contribution in [-0.4, -0.2) is 41.8 Å². The quantitative estimate of drug-likeness (QED) is 0.535. The molecule has 7 nitrogen and oxygen atoms in total. The van der Waals surface area contributed by atoms with E-state index in [1.807, 2.05) is 24.3 Å². The average Bonchev–Trinajstić information content (AvgIpc) is 3.37. The van der Waals surface area contributed by atoms with Crippen LogP contribution < -0.4 is 10.6 Å². The Morgan fingerprint density at radius 2 is 1.60 bits per heavy atom. The highest BCUT2D eigenvalue weighted by Crippen LogP contribution is 2.44. The highest BCUT2D eigenvalue weighted by atomic mass is 16.5. The summed E-state index contributed by atoms with van der Waals surface area (Å²) in [6.45, 7) is 5.63. The molecule has 4 rings (SSSR count). The minimum Gasteiger partial charge on any atom is -0.480 e. The molecule has 0 unspecified atom stereocenters. The zero-order valence-electron chi connectivity index (χ0n) is 20.5. The summed E-state index contributed by atoms with van der Waals surface area (Å²) in [6.07, 6.45) is 2.05. The number of carboxylic acid groups (broad SMARTS) is 1. The summed E-state index contributed by atoms with van der Waals surface area (Å²) in [4.78, 5) is 36.5. The smallest absolute Gasteiger partial charge is 0.407 e. The van der Waals surface area contributed by atoms with Crippen LogP contribution in [-0.2, 0) is 14.3 Å². The molecule has 2 amide bonds. The maximum atomic E-state index is 12.6. The van der Waals surface area contributed by atoms with Crippen molar-refractivity contribution in [2.45, 2.75) is 64.5 Å². The number of rotatable bonds is 7. The third kappa shape index (κ3) is 5.66.